The van der Waals surface area contributed by atoms with Gasteiger partial charge in [-0.25, -0.2) is 4.98 Å². The number of rotatable bonds is 4. The number of aliphatic hydroxyl groups is 2. The molecule has 1 saturated heterocycles. The van der Waals surface area contributed by atoms with E-state index in [9.17, 15) is 10.2 Å². The first-order valence-corrected chi connectivity index (χ1v) is 10.2. The van der Waals surface area contributed by atoms with Gasteiger partial charge < -0.3 is 24.8 Å². The molecule has 158 valence electrons. The Labute approximate surface area is 180 Å². The lowest BCUT2D eigenvalue weighted by molar-refractivity contribution is -0.0799. The third-order valence-corrected chi connectivity index (χ3v) is 5.71. The molecule has 1 aliphatic rings. The normalized spacial score (nSPS) is 22.6. The smallest absolute Gasteiger partial charge is 0.229 e. The van der Waals surface area contributed by atoms with Crippen LogP contribution in [0.25, 0.3) is 22.2 Å². The Morgan fingerprint density at radius 2 is 1.68 bits per heavy atom. The van der Waals surface area contributed by atoms with E-state index < -0.39 is 24.0 Å². The molecule has 3 atom stereocenters. The summed E-state index contributed by atoms with van der Waals surface area (Å²) in [6, 6.07) is 19.6. The zero-order valence-corrected chi connectivity index (χ0v) is 17.3. The predicted octanol–water partition coefficient (Wildman–Crippen LogP) is 3.87. The van der Waals surface area contributed by atoms with Gasteiger partial charge in [-0.05, 0) is 31.5 Å². The van der Waals surface area contributed by atoms with Crippen molar-refractivity contribution in [1.29, 1.82) is 0 Å². The van der Waals surface area contributed by atoms with Crippen LogP contribution in [0.2, 0.25) is 0 Å². The first-order chi connectivity index (χ1) is 14.9. The number of anilines is 2. The Morgan fingerprint density at radius 3 is 2.32 bits per heavy atom. The SMILES string of the molecule is CC1(C)O[C@@H](n2cc(-c3ccccc3)c3cnc(Nc4ccccc4)nc32)[C@H](O)[C@@H]1O. The van der Waals surface area contributed by atoms with Gasteiger partial charge in [0.25, 0.3) is 0 Å². The van der Waals surface area contributed by atoms with Crippen molar-refractivity contribution in [2.45, 2.75) is 37.9 Å². The van der Waals surface area contributed by atoms with E-state index in [1.807, 2.05) is 66.9 Å². The van der Waals surface area contributed by atoms with Crippen molar-refractivity contribution in [1.82, 2.24) is 14.5 Å². The molecule has 0 spiro atoms. The number of hydrogen-bond acceptors (Lipinski definition) is 6. The van der Waals surface area contributed by atoms with Crippen LogP contribution >= 0.6 is 0 Å². The molecule has 4 aromatic rings. The van der Waals surface area contributed by atoms with Gasteiger partial charge in [-0.3, -0.25) is 0 Å². The van der Waals surface area contributed by atoms with E-state index in [1.165, 1.54) is 0 Å². The Hall–Kier alpha value is -3.26. The van der Waals surface area contributed by atoms with E-state index in [4.69, 9.17) is 9.72 Å². The van der Waals surface area contributed by atoms with Gasteiger partial charge in [0.1, 0.15) is 17.9 Å². The van der Waals surface area contributed by atoms with Gasteiger partial charge in [-0.15, -0.1) is 0 Å². The van der Waals surface area contributed by atoms with Crippen LogP contribution in [0.15, 0.2) is 73.1 Å². The minimum absolute atomic E-state index is 0.435. The summed E-state index contributed by atoms with van der Waals surface area (Å²) in [6.07, 6.45) is 0.802. The number of hydrogen-bond donors (Lipinski definition) is 3. The maximum atomic E-state index is 10.7. The Morgan fingerprint density at radius 1 is 1.00 bits per heavy atom. The monoisotopic (exact) mass is 416 g/mol. The Bertz CT molecular complexity index is 1210. The molecule has 7 heteroatoms. The number of fused-ring (bicyclic) bond motifs is 1. The third kappa shape index (κ3) is 3.46. The topological polar surface area (TPSA) is 92.4 Å². The second-order valence-corrected chi connectivity index (χ2v) is 8.29. The van der Waals surface area contributed by atoms with Crippen molar-refractivity contribution in [2.24, 2.45) is 0 Å². The van der Waals surface area contributed by atoms with Gasteiger partial charge >= 0.3 is 0 Å². The zero-order valence-electron chi connectivity index (χ0n) is 17.3. The van der Waals surface area contributed by atoms with Gasteiger partial charge in [0.05, 0.1) is 5.60 Å². The number of benzene rings is 2. The lowest BCUT2D eigenvalue weighted by Crippen LogP contribution is -2.37. The van der Waals surface area contributed by atoms with E-state index >= 15 is 0 Å². The van der Waals surface area contributed by atoms with Crippen LogP contribution in [0, 0.1) is 0 Å². The van der Waals surface area contributed by atoms with Gasteiger partial charge in [-0.2, -0.15) is 4.98 Å². The molecule has 31 heavy (non-hydrogen) atoms. The van der Waals surface area contributed by atoms with Crippen LogP contribution in [-0.4, -0.2) is 42.6 Å². The van der Waals surface area contributed by atoms with Crippen LogP contribution in [-0.2, 0) is 4.74 Å². The molecule has 3 heterocycles. The maximum absolute atomic E-state index is 10.7. The van der Waals surface area contributed by atoms with Gasteiger partial charge in [0.2, 0.25) is 5.95 Å². The van der Waals surface area contributed by atoms with E-state index in [1.54, 1.807) is 24.6 Å². The number of aromatic nitrogens is 3. The molecule has 1 fully saturated rings. The first kappa shape index (κ1) is 19.7. The molecular formula is C24H24N4O3. The summed E-state index contributed by atoms with van der Waals surface area (Å²) in [5, 5.41) is 25.2. The highest BCUT2D eigenvalue weighted by atomic mass is 16.6. The van der Waals surface area contributed by atoms with Crippen LogP contribution in [0.5, 0.6) is 0 Å². The molecule has 0 radical (unpaired) electrons. The summed E-state index contributed by atoms with van der Waals surface area (Å²) in [4.78, 5) is 9.24. The zero-order chi connectivity index (χ0) is 21.6. The third-order valence-electron chi connectivity index (χ3n) is 5.71. The molecule has 0 unspecified atom stereocenters. The fourth-order valence-corrected chi connectivity index (χ4v) is 4.02. The van der Waals surface area contributed by atoms with Gasteiger partial charge in [0, 0.05) is 29.0 Å². The predicted molar refractivity (Wildman–Crippen MR) is 119 cm³/mol. The largest absolute Gasteiger partial charge is 0.387 e. The summed E-state index contributed by atoms with van der Waals surface area (Å²) < 4.78 is 7.85. The summed E-state index contributed by atoms with van der Waals surface area (Å²) in [5.41, 5.74) is 2.53. The first-order valence-electron chi connectivity index (χ1n) is 10.2. The van der Waals surface area contributed by atoms with E-state index in [0.717, 1.165) is 22.2 Å². The number of para-hydroxylation sites is 1. The van der Waals surface area contributed by atoms with Crippen LogP contribution in [0.3, 0.4) is 0 Å². The standard InChI is InChI=1S/C24H24N4O3/c1-24(2)20(30)19(29)22(31-24)28-14-18(15-9-5-3-6-10-15)17-13-25-23(27-21(17)28)26-16-11-7-4-8-12-16/h3-14,19-20,22,29-30H,1-2H3,(H,25,26,27)/t19-,20+,22-/m1/s1. The minimum Gasteiger partial charge on any atom is -0.387 e. The van der Waals surface area contributed by atoms with Crippen LogP contribution in [0.4, 0.5) is 11.6 Å². The maximum Gasteiger partial charge on any atom is 0.229 e. The average Bonchev–Trinajstić information content (AvgIpc) is 3.25. The fourth-order valence-electron chi connectivity index (χ4n) is 4.02. The van der Waals surface area contributed by atoms with Crippen LogP contribution < -0.4 is 5.32 Å². The number of nitrogens with one attached hydrogen (secondary N) is 1. The molecule has 2 aromatic carbocycles. The lowest BCUT2D eigenvalue weighted by atomic mass is 10.0. The number of aliphatic hydroxyl groups excluding tert-OH is 2. The average molecular weight is 416 g/mol. The van der Waals surface area contributed by atoms with E-state index in [2.05, 4.69) is 10.3 Å². The molecular weight excluding hydrogens is 392 g/mol. The van der Waals surface area contributed by atoms with Gasteiger partial charge in [0.15, 0.2) is 6.23 Å². The molecule has 2 aromatic heterocycles. The lowest BCUT2D eigenvalue weighted by Gasteiger charge is -2.21. The molecule has 3 N–H and O–H groups in total. The number of nitrogens with zero attached hydrogens (tertiary/aromatic N) is 3. The Kier molecular flexibility index (Phi) is 4.74. The molecule has 0 saturated carbocycles. The number of ether oxygens (including phenoxy) is 1. The van der Waals surface area contributed by atoms with E-state index in [0.29, 0.717) is 11.6 Å². The second kappa shape index (κ2) is 7.46. The summed E-state index contributed by atoms with van der Waals surface area (Å²) in [7, 11) is 0. The molecule has 0 amide bonds. The molecule has 0 bridgehead atoms. The Balaban J connectivity index is 1.65. The van der Waals surface area contributed by atoms with Crippen molar-refractivity contribution in [2.75, 3.05) is 5.32 Å². The quantitative estimate of drug-likeness (QED) is 0.468. The van der Waals surface area contributed by atoms with Crippen molar-refractivity contribution >= 4 is 22.7 Å². The highest BCUT2D eigenvalue weighted by molar-refractivity contribution is 5.94. The summed E-state index contributed by atoms with van der Waals surface area (Å²) in [6.45, 7) is 3.53. The molecule has 0 aliphatic carbocycles. The minimum atomic E-state index is -1.09. The van der Waals surface area contributed by atoms with Crippen molar-refractivity contribution < 1.29 is 14.9 Å². The molecule has 5 rings (SSSR count). The van der Waals surface area contributed by atoms with Crippen LogP contribution in [0.1, 0.15) is 20.1 Å². The van der Waals surface area contributed by atoms with Crippen molar-refractivity contribution in [3.8, 4) is 11.1 Å². The fraction of sp³-hybridized carbons (Fsp3) is 0.250. The molecule has 7 nitrogen and oxygen atoms in total. The summed E-state index contributed by atoms with van der Waals surface area (Å²) >= 11 is 0. The van der Waals surface area contributed by atoms with Crippen molar-refractivity contribution in [3.05, 3.63) is 73.1 Å². The van der Waals surface area contributed by atoms with Crippen molar-refractivity contribution in [3.63, 3.8) is 0 Å². The van der Waals surface area contributed by atoms with E-state index in [-0.39, 0.29) is 0 Å². The highest BCUT2D eigenvalue weighted by Crippen LogP contribution is 2.40. The summed E-state index contributed by atoms with van der Waals surface area (Å²) in [5.74, 6) is 0.435. The second-order valence-electron chi connectivity index (χ2n) is 8.29. The molecule has 1 aliphatic heterocycles. The van der Waals surface area contributed by atoms with Gasteiger partial charge in [-0.1, -0.05) is 48.5 Å². The highest BCUT2D eigenvalue weighted by Gasteiger charge is 2.49.